The zero-order valence-corrected chi connectivity index (χ0v) is 11.9. The molecule has 4 nitrogen and oxygen atoms in total. The summed E-state index contributed by atoms with van der Waals surface area (Å²) in [5.41, 5.74) is 1.02. The number of hydrogen-bond acceptors (Lipinski definition) is 3. The van der Waals surface area contributed by atoms with Crippen LogP contribution in [0.5, 0.6) is 0 Å². The number of nitrogens with zero attached hydrogens (tertiary/aromatic N) is 1. The summed E-state index contributed by atoms with van der Waals surface area (Å²) < 4.78 is 13.5. The molecule has 20 heavy (non-hydrogen) atoms. The van der Waals surface area contributed by atoms with Crippen LogP contribution >= 0.6 is 0 Å². The van der Waals surface area contributed by atoms with Gasteiger partial charge in [0.15, 0.2) is 0 Å². The minimum atomic E-state index is -0.463. The Morgan fingerprint density at radius 2 is 2.15 bits per heavy atom. The van der Waals surface area contributed by atoms with Gasteiger partial charge in [-0.2, -0.15) is 0 Å². The Balaban J connectivity index is 1.73. The molecular formula is C15H22FN3O. The molecule has 0 saturated carbocycles. The van der Waals surface area contributed by atoms with Crippen LogP contribution in [0.4, 0.5) is 4.39 Å². The molecule has 2 rings (SSSR count). The smallest absolute Gasteiger partial charge is 0.254 e. The Kier molecular flexibility index (Phi) is 5.49. The molecule has 0 atom stereocenters. The highest BCUT2D eigenvalue weighted by molar-refractivity contribution is 5.94. The molecule has 1 aromatic carbocycles. The van der Waals surface area contributed by atoms with E-state index in [-0.39, 0.29) is 11.5 Å². The van der Waals surface area contributed by atoms with Crippen molar-refractivity contribution in [2.75, 3.05) is 39.3 Å². The van der Waals surface area contributed by atoms with Crippen molar-refractivity contribution >= 4 is 5.91 Å². The predicted octanol–water partition coefficient (Wildman–Crippen LogP) is 1.16. The van der Waals surface area contributed by atoms with Crippen LogP contribution < -0.4 is 10.6 Å². The summed E-state index contributed by atoms with van der Waals surface area (Å²) in [5.74, 6) is -0.790. The van der Waals surface area contributed by atoms with Crippen molar-refractivity contribution in [3.63, 3.8) is 0 Å². The molecule has 0 aliphatic carbocycles. The second-order valence-electron chi connectivity index (χ2n) is 5.18. The summed E-state index contributed by atoms with van der Waals surface area (Å²) >= 11 is 0. The summed E-state index contributed by atoms with van der Waals surface area (Å²) in [6.45, 7) is 7.57. The Hall–Kier alpha value is -1.46. The lowest BCUT2D eigenvalue weighted by Crippen LogP contribution is -2.44. The van der Waals surface area contributed by atoms with Crippen LogP contribution in [0.3, 0.4) is 0 Å². The lowest BCUT2D eigenvalue weighted by molar-refractivity contribution is 0.0947. The molecule has 0 aromatic heterocycles. The van der Waals surface area contributed by atoms with E-state index in [1.54, 1.807) is 12.1 Å². The summed E-state index contributed by atoms with van der Waals surface area (Å²) in [6.07, 6.45) is 0.888. The fourth-order valence-electron chi connectivity index (χ4n) is 2.35. The van der Waals surface area contributed by atoms with Crippen molar-refractivity contribution < 1.29 is 9.18 Å². The molecule has 1 aliphatic rings. The fourth-order valence-corrected chi connectivity index (χ4v) is 2.35. The summed E-state index contributed by atoms with van der Waals surface area (Å²) in [6, 6.07) is 4.59. The van der Waals surface area contributed by atoms with Gasteiger partial charge in [-0.05, 0) is 32.0 Å². The van der Waals surface area contributed by atoms with E-state index in [1.807, 2.05) is 6.92 Å². The third-order valence-electron chi connectivity index (χ3n) is 3.51. The van der Waals surface area contributed by atoms with Crippen LogP contribution in [0.1, 0.15) is 22.3 Å². The van der Waals surface area contributed by atoms with E-state index in [4.69, 9.17) is 0 Å². The monoisotopic (exact) mass is 279 g/mol. The Bertz CT molecular complexity index is 458. The number of carbonyl (C=O) groups is 1. The molecule has 1 aliphatic heterocycles. The highest BCUT2D eigenvalue weighted by Gasteiger charge is 2.12. The topological polar surface area (TPSA) is 44.4 Å². The van der Waals surface area contributed by atoms with Gasteiger partial charge < -0.3 is 15.5 Å². The summed E-state index contributed by atoms with van der Waals surface area (Å²) in [4.78, 5) is 14.3. The molecular weight excluding hydrogens is 257 g/mol. The van der Waals surface area contributed by atoms with E-state index in [1.165, 1.54) is 6.07 Å². The number of benzene rings is 1. The minimum Gasteiger partial charge on any atom is -0.352 e. The first-order valence-electron chi connectivity index (χ1n) is 7.14. The van der Waals surface area contributed by atoms with Gasteiger partial charge in [0.1, 0.15) is 5.82 Å². The van der Waals surface area contributed by atoms with Crippen LogP contribution in [0.2, 0.25) is 0 Å². The first kappa shape index (κ1) is 14.9. The van der Waals surface area contributed by atoms with Crippen molar-refractivity contribution in [1.29, 1.82) is 0 Å². The second-order valence-corrected chi connectivity index (χ2v) is 5.18. The first-order chi connectivity index (χ1) is 9.66. The highest BCUT2D eigenvalue weighted by atomic mass is 19.1. The number of rotatable bonds is 5. The largest absolute Gasteiger partial charge is 0.352 e. The number of carbonyl (C=O) groups excluding carboxylic acids is 1. The molecule has 110 valence electrons. The van der Waals surface area contributed by atoms with Crippen molar-refractivity contribution in [3.8, 4) is 0 Å². The average Bonchev–Trinajstić information content (AvgIpc) is 2.47. The van der Waals surface area contributed by atoms with Gasteiger partial charge in [-0.3, -0.25) is 4.79 Å². The fraction of sp³-hybridized carbons (Fsp3) is 0.533. The lowest BCUT2D eigenvalue weighted by Gasteiger charge is -2.27. The van der Waals surface area contributed by atoms with E-state index in [0.717, 1.165) is 44.7 Å². The van der Waals surface area contributed by atoms with Gasteiger partial charge in [-0.25, -0.2) is 4.39 Å². The van der Waals surface area contributed by atoms with Gasteiger partial charge in [-0.15, -0.1) is 0 Å². The van der Waals surface area contributed by atoms with E-state index in [2.05, 4.69) is 15.5 Å². The zero-order valence-electron chi connectivity index (χ0n) is 11.9. The quantitative estimate of drug-likeness (QED) is 0.795. The van der Waals surface area contributed by atoms with Crippen LogP contribution in [0, 0.1) is 12.7 Å². The van der Waals surface area contributed by atoms with Crippen molar-refractivity contribution in [2.45, 2.75) is 13.3 Å². The maximum Gasteiger partial charge on any atom is 0.254 e. The first-order valence-corrected chi connectivity index (χ1v) is 7.14. The van der Waals surface area contributed by atoms with Crippen LogP contribution in [0.25, 0.3) is 0 Å². The van der Waals surface area contributed by atoms with Gasteiger partial charge in [0, 0.05) is 32.7 Å². The number of piperazine rings is 1. The predicted molar refractivity (Wildman–Crippen MR) is 77.4 cm³/mol. The van der Waals surface area contributed by atoms with Crippen LogP contribution in [-0.4, -0.2) is 50.1 Å². The van der Waals surface area contributed by atoms with E-state index in [0.29, 0.717) is 6.54 Å². The summed E-state index contributed by atoms with van der Waals surface area (Å²) in [7, 11) is 0. The van der Waals surface area contributed by atoms with Crippen LogP contribution in [-0.2, 0) is 0 Å². The molecule has 1 saturated heterocycles. The number of aryl methyl sites for hydroxylation is 1. The lowest BCUT2D eigenvalue weighted by atomic mass is 10.1. The SMILES string of the molecule is Cc1ccc(F)c(C(=O)NCCCN2CCNCC2)c1. The highest BCUT2D eigenvalue weighted by Crippen LogP contribution is 2.09. The molecule has 0 unspecified atom stereocenters. The number of amides is 1. The molecule has 0 spiro atoms. The zero-order chi connectivity index (χ0) is 14.4. The number of halogens is 1. The molecule has 0 bridgehead atoms. The molecule has 0 radical (unpaired) electrons. The summed E-state index contributed by atoms with van der Waals surface area (Å²) in [5, 5.41) is 6.09. The maximum atomic E-state index is 13.5. The Labute approximate surface area is 119 Å². The molecule has 1 aromatic rings. The average molecular weight is 279 g/mol. The van der Waals surface area contributed by atoms with Crippen molar-refractivity contribution in [3.05, 3.63) is 35.1 Å². The Morgan fingerprint density at radius 1 is 1.40 bits per heavy atom. The van der Waals surface area contributed by atoms with Crippen molar-refractivity contribution in [1.82, 2.24) is 15.5 Å². The molecule has 1 amide bonds. The minimum absolute atomic E-state index is 0.132. The van der Waals surface area contributed by atoms with Gasteiger partial charge in [0.05, 0.1) is 5.56 Å². The standard InChI is InChI=1S/C15H22FN3O/c1-12-3-4-14(16)13(11-12)15(20)18-5-2-8-19-9-6-17-7-10-19/h3-4,11,17H,2,5-10H2,1H3,(H,18,20). The van der Waals surface area contributed by atoms with Gasteiger partial charge in [0.25, 0.3) is 5.91 Å². The molecule has 2 N–H and O–H groups in total. The van der Waals surface area contributed by atoms with Crippen LogP contribution in [0.15, 0.2) is 18.2 Å². The molecule has 1 heterocycles. The third-order valence-corrected chi connectivity index (χ3v) is 3.51. The third kappa shape index (κ3) is 4.28. The van der Waals surface area contributed by atoms with E-state index >= 15 is 0 Å². The molecule has 1 fully saturated rings. The van der Waals surface area contributed by atoms with E-state index in [9.17, 15) is 9.18 Å². The van der Waals surface area contributed by atoms with Gasteiger partial charge in [0.2, 0.25) is 0 Å². The number of hydrogen-bond donors (Lipinski definition) is 2. The molecule has 5 heteroatoms. The van der Waals surface area contributed by atoms with Gasteiger partial charge in [-0.1, -0.05) is 11.6 Å². The maximum absolute atomic E-state index is 13.5. The van der Waals surface area contributed by atoms with Crippen molar-refractivity contribution in [2.24, 2.45) is 0 Å². The van der Waals surface area contributed by atoms with E-state index < -0.39 is 5.82 Å². The van der Waals surface area contributed by atoms with Gasteiger partial charge >= 0.3 is 0 Å². The normalized spacial score (nSPS) is 16.1. The number of nitrogens with one attached hydrogen (secondary N) is 2. The Morgan fingerprint density at radius 3 is 2.90 bits per heavy atom. The second kappa shape index (κ2) is 7.36.